The highest BCUT2D eigenvalue weighted by Crippen LogP contribution is 2.36. The normalized spacial score (nSPS) is 17.2. The maximum absolute atomic E-state index is 5.50. The van der Waals surface area contributed by atoms with E-state index in [9.17, 15) is 0 Å². The Labute approximate surface area is 136 Å². The molecule has 4 heteroatoms. The summed E-state index contributed by atoms with van der Waals surface area (Å²) in [4.78, 5) is 4.06. The molecule has 0 atom stereocenters. The zero-order valence-corrected chi connectivity index (χ0v) is 14.2. The Morgan fingerprint density at radius 3 is 2.60 bits per heavy atom. The van der Waals surface area contributed by atoms with E-state index in [0.717, 1.165) is 11.5 Å². The van der Waals surface area contributed by atoms with Gasteiger partial charge >= 0.3 is 0 Å². The molecule has 1 fully saturated rings. The summed E-state index contributed by atoms with van der Waals surface area (Å²) in [5.41, 5.74) is 8.10. The van der Waals surface area contributed by atoms with Crippen LogP contribution in [0.3, 0.4) is 0 Å². The van der Waals surface area contributed by atoms with Gasteiger partial charge in [-0.1, -0.05) is 47.3 Å². The lowest BCUT2D eigenvalue weighted by atomic mass is 9.84. The first kappa shape index (κ1) is 17.3. The maximum Gasteiger partial charge on any atom is 0.0957 e. The van der Waals surface area contributed by atoms with E-state index in [1.807, 2.05) is 6.08 Å². The monoisotopic (exact) mass is 356 g/mol. The van der Waals surface area contributed by atoms with Gasteiger partial charge in [-0.3, -0.25) is 0 Å². The highest BCUT2D eigenvalue weighted by Gasteiger charge is 2.17. The molecule has 0 spiro atoms. The van der Waals surface area contributed by atoms with E-state index in [2.05, 4.69) is 39.1 Å². The van der Waals surface area contributed by atoms with Crippen LogP contribution in [-0.2, 0) is 0 Å². The maximum atomic E-state index is 5.50. The number of nitrogens with two attached hydrogens (primary N) is 1. The molecule has 0 radical (unpaired) electrons. The van der Waals surface area contributed by atoms with Crippen molar-refractivity contribution in [1.29, 1.82) is 0 Å². The molecule has 0 saturated heterocycles. The van der Waals surface area contributed by atoms with Gasteiger partial charge in [-0.05, 0) is 49.0 Å². The first-order valence-electron chi connectivity index (χ1n) is 6.92. The molecule has 1 saturated carbocycles. The predicted octanol–water partition coefficient (Wildman–Crippen LogP) is 5.27. The smallest absolute Gasteiger partial charge is 0.0957 e. The van der Waals surface area contributed by atoms with Gasteiger partial charge < -0.3 is 5.73 Å². The molecular weight excluding hydrogens is 336 g/mol. The molecule has 1 aliphatic carbocycles. The lowest BCUT2D eigenvalue weighted by Crippen LogP contribution is -2.05. The fourth-order valence-electron chi connectivity index (χ4n) is 2.63. The molecule has 20 heavy (non-hydrogen) atoms. The van der Waals surface area contributed by atoms with Crippen LogP contribution in [0.5, 0.6) is 0 Å². The van der Waals surface area contributed by atoms with Crippen LogP contribution in [0.25, 0.3) is 6.08 Å². The first-order valence-corrected chi connectivity index (χ1v) is 7.72. The van der Waals surface area contributed by atoms with Crippen LogP contribution in [0.4, 0.5) is 0 Å². The van der Waals surface area contributed by atoms with Crippen molar-refractivity contribution in [2.75, 3.05) is 0 Å². The number of aliphatic imine (C=N–C) groups is 1. The van der Waals surface area contributed by atoms with Crippen LogP contribution >= 0.6 is 28.3 Å². The molecule has 1 aromatic rings. The average Bonchev–Trinajstić information content (AvgIpc) is 2.39. The number of rotatable bonds is 3. The highest BCUT2D eigenvalue weighted by molar-refractivity contribution is 9.10. The van der Waals surface area contributed by atoms with E-state index in [4.69, 9.17) is 5.73 Å². The van der Waals surface area contributed by atoms with E-state index in [1.54, 1.807) is 13.1 Å². The van der Waals surface area contributed by atoms with E-state index in [1.165, 1.54) is 42.1 Å². The van der Waals surface area contributed by atoms with Crippen molar-refractivity contribution >= 4 is 40.2 Å². The van der Waals surface area contributed by atoms with Gasteiger partial charge in [0.15, 0.2) is 0 Å². The van der Waals surface area contributed by atoms with E-state index >= 15 is 0 Å². The SMILES string of the molecule is CC(N)=NC=Cc1ccc(C2CCCCC2)c(Br)c1.Cl. The zero-order chi connectivity index (χ0) is 13.7. The Morgan fingerprint density at radius 2 is 2.00 bits per heavy atom. The van der Waals surface area contributed by atoms with Crippen molar-refractivity contribution in [2.45, 2.75) is 44.9 Å². The third kappa shape index (κ3) is 4.95. The van der Waals surface area contributed by atoms with Crippen LogP contribution < -0.4 is 5.73 Å². The lowest BCUT2D eigenvalue weighted by Gasteiger charge is -2.23. The second-order valence-electron chi connectivity index (χ2n) is 5.20. The summed E-state index contributed by atoms with van der Waals surface area (Å²) in [6.07, 6.45) is 10.5. The van der Waals surface area contributed by atoms with Gasteiger partial charge in [0.1, 0.15) is 0 Å². The van der Waals surface area contributed by atoms with Crippen molar-refractivity contribution in [1.82, 2.24) is 0 Å². The topological polar surface area (TPSA) is 38.4 Å². The highest BCUT2D eigenvalue weighted by atomic mass is 79.9. The molecule has 2 nitrogen and oxygen atoms in total. The summed E-state index contributed by atoms with van der Waals surface area (Å²) >= 11 is 3.71. The minimum atomic E-state index is 0. The van der Waals surface area contributed by atoms with Crippen LogP contribution in [0.2, 0.25) is 0 Å². The van der Waals surface area contributed by atoms with Crippen LogP contribution in [0.1, 0.15) is 56.1 Å². The van der Waals surface area contributed by atoms with Gasteiger partial charge in [-0.2, -0.15) is 0 Å². The molecule has 0 amide bonds. The molecule has 110 valence electrons. The average molecular weight is 358 g/mol. The summed E-state index contributed by atoms with van der Waals surface area (Å²) in [6.45, 7) is 1.78. The fraction of sp³-hybridized carbons (Fsp3) is 0.438. The number of hydrogen-bond donors (Lipinski definition) is 1. The minimum Gasteiger partial charge on any atom is -0.387 e. The van der Waals surface area contributed by atoms with Crippen LogP contribution in [0.15, 0.2) is 33.9 Å². The molecule has 2 rings (SSSR count). The van der Waals surface area contributed by atoms with Crippen LogP contribution in [0, 0.1) is 0 Å². The molecular formula is C16H22BrClN2. The summed E-state index contributed by atoms with van der Waals surface area (Å²) in [7, 11) is 0. The third-order valence-electron chi connectivity index (χ3n) is 3.61. The fourth-order valence-corrected chi connectivity index (χ4v) is 3.35. The first-order chi connectivity index (χ1) is 9.16. The molecule has 0 unspecified atom stereocenters. The van der Waals surface area contributed by atoms with Gasteiger partial charge in [-0.25, -0.2) is 4.99 Å². The van der Waals surface area contributed by atoms with Crippen LogP contribution in [-0.4, -0.2) is 5.84 Å². The van der Waals surface area contributed by atoms with Crippen molar-refractivity contribution in [3.8, 4) is 0 Å². The summed E-state index contributed by atoms with van der Waals surface area (Å²) < 4.78 is 1.22. The van der Waals surface area contributed by atoms with Crippen molar-refractivity contribution in [2.24, 2.45) is 10.7 Å². The standard InChI is InChI=1S/C16H21BrN2.ClH/c1-12(18)19-10-9-13-7-8-15(16(17)11-13)14-5-3-2-4-6-14;/h7-11,14H,2-6H2,1H3,(H2,18,19);1H. The van der Waals surface area contributed by atoms with Gasteiger partial charge in [0.2, 0.25) is 0 Å². The Balaban J connectivity index is 0.00000200. The Kier molecular flexibility index (Phi) is 7.31. The molecule has 1 aliphatic rings. The Bertz CT molecular complexity index is 487. The second kappa shape index (κ2) is 8.48. The van der Waals surface area contributed by atoms with E-state index in [0.29, 0.717) is 5.84 Å². The second-order valence-corrected chi connectivity index (χ2v) is 6.06. The molecule has 1 aromatic carbocycles. The van der Waals surface area contributed by atoms with Crippen molar-refractivity contribution in [3.63, 3.8) is 0 Å². The third-order valence-corrected chi connectivity index (χ3v) is 4.30. The number of hydrogen-bond acceptors (Lipinski definition) is 1. The number of nitrogens with zero attached hydrogens (tertiary/aromatic N) is 1. The van der Waals surface area contributed by atoms with Gasteiger partial charge in [0.05, 0.1) is 5.84 Å². The molecule has 0 bridgehead atoms. The van der Waals surface area contributed by atoms with Crippen molar-refractivity contribution < 1.29 is 0 Å². The predicted molar refractivity (Wildman–Crippen MR) is 93.5 cm³/mol. The summed E-state index contributed by atoms with van der Waals surface area (Å²) in [5.74, 6) is 1.31. The van der Waals surface area contributed by atoms with E-state index in [-0.39, 0.29) is 12.4 Å². The minimum absolute atomic E-state index is 0. The quantitative estimate of drug-likeness (QED) is 0.581. The largest absolute Gasteiger partial charge is 0.387 e. The van der Waals surface area contributed by atoms with Gasteiger partial charge in [0.25, 0.3) is 0 Å². The molecule has 0 aromatic heterocycles. The van der Waals surface area contributed by atoms with Gasteiger partial charge in [0, 0.05) is 10.7 Å². The number of amidine groups is 1. The zero-order valence-electron chi connectivity index (χ0n) is 11.8. The van der Waals surface area contributed by atoms with E-state index < -0.39 is 0 Å². The Hall–Kier alpha value is -0.800. The number of halogens is 2. The summed E-state index contributed by atoms with van der Waals surface area (Å²) in [5, 5.41) is 0. The lowest BCUT2D eigenvalue weighted by molar-refractivity contribution is 0.442. The summed E-state index contributed by atoms with van der Waals surface area (Å²) in [6, 6.07) is 6.58. The Morgan fingerprint density at radius 1 is 1.30 bits per heavy atom. The van der Waals surface area contributed by atoms with Gasteiger partial charge in [-0.15, -0.1) is 12.4 Å². The molecule has 0 aliphatic heterocycles. The molecule has 0 heterocycles. The number of benzene rings is 1. The van der Waals surface area contributed by atoms with Crippen molar-refractivity contribution in [3.05, 3.63) is 40.0 Å². The molecule has 2 N–H and O–H groups in total.